The molecule has 0 aliphatic heterocycles. The molecule has 0 aromatic heterocycles. The number of methoxy groups -OCH3 is 2. The molecule has 0 fully saturated rings. The van der Waals surface area contributed by atoms with Crippen molar-refractivity contribution in [2.45, 2.75) is 0 Å². The number of nitro groups is 1. The van der Waals surface area contributed by atoms with Gasteiger partial charge in [0, 0.05) is 17.7 Å². The Kier molecular flexibility index (Phi) is 3.66. The molecule has 19 heavy (non-hydrogen) atoms. The summed E-state index contributed by atoms with van der Waals surface area (Å²) in [6, 6.07) is 11.8. The fraction of sp³-hybridized carbons (Fsp3) is 0.143. The molecule has 0 radical (unpaired) electrons. The maximum Gasteiger partial charge on any atom is 0.277 e. The van der Waals surface area contributed by atoms with Crippen molar-refractivity contribution in [3.05, 3.63) is 52.6 Å². The number of nitro benzene ring substituents is 1. The van der Waals surface area contributed by atoms with E-state index >= 15 is 0 Å². The van der Waals surface area contributed by atoms with E-state index in [-0.39, 0.29) is 5.69 Å². The Hall–Kier alpha value is -2.56. The third kappa shape index (κ3) is 2.49. The van der Waals surface area contributed by atoms with Gasteiger partial charge in [-0.05, 0) is 18.2 Å². The summed E-state index contributed by atoms with van der Waals surface area (Å²) < 4.78 is 10.4. The molecule has 0 saturated heterocycles. The summed E-state index contributed by atoms with van der Waals surface area (Å²) in [6.45, 7) is 0. The maximum atomic E-state index is 11.1. The number of benzene rings is 2. The minimum absolute atomic E-state index is 0.0472. The third-order valence-electron chi connectivity index (χ3n) is 2.80. The number of hydrogen-bond donors (Lipinski definition) is 0. The largest absolute Gasteiger partial charge is 0.497 e. The highest BCUT2D eigenvalue weighted by Crippen LogP contribution is 2.37. The lowest BCUT2D eigenvalue weighted by Crippen LogP contribution is -1.94. The van der Waals surface area contributed by atoms with E-state index in [1.165, 1.54) is 13.2 Å². The Morgan fingerprint density at radius 2 is 1.74 bits per heavy atom. The van der Waals surface area contributed by atoms with Crippen molar-refractivity contribution in [2.75, 3.05) is 14.2 Å². The highest BCUT2D eigenvalue weighted by Gasteiger charge is 2.17. The van der Waals surface area contributed by atoms with Crippen LogP contribution in [-0.4, -0.2) is 19.1 Å². The third-order valence-corrected chi connectivity index (χ3v) is 2.80. The summed E-state index contributed by atoms with van der Waals surface area (Å²) in [7, 11) is 3.08. The molecule has 2 aromatic rings. The van der Waals surface area contributed by atoms with Crippen LogP contribution in [0.25, 0.3) is 11.1 Å². The van der Waals surface area contributed by atoms with Crippen LogP contribution < -0.4 is 9.47 Å². The Bertz CT molecular complexity index is 610. The van der Waals surface area contributed by atoms with E-state index in [1.54, 1.807) is 43.5 Å². The van der Waals surface area contributed by atoms with E-state index in [1.807, 2.05) is 0 Å². The van der Waals surface area contributed by atoms with E-state index in [2.05, 4.69) is 0 Å². The summed E-state index contributed by atoms with van der Waals surface area (Å²) >= 11 is 0. The van der Waals surface area contributed by atoms with Gasteiger partial charge in [-0.25, -0.2) is 0 Å². The van der Waals surface area contributed by atoms with Gasteiger partial charge in [-0.15, -0.1) is 0 Å². The molecule has 2 aromatic carbocycles. The number of para-hydroxylation sites is 1. The quantitative estimate of drug-likeness (QED) is 0.624. The molecule has 0 amide bonds. The number of hydrogen-bond acceptors (Lipinski definition) is 4. The molecule has 0 heterocycles. The highest BCUT2D eigenvalue weighted by atomic mass is 16.6. The normalized spacial score (nSPS) is 10.0. The van der Waals surface area contributed by atoms with Gasteiger partial charge in [0.25, 0.3) is 5.69 Å². The topological polar surface area (TPSA) is 61.6 Å². The van der Waals surface area contributed by atoms with Crippen LogP contribution >= 0.6 is 0 Å². The van der Waals surface area contributed by atoms with Gasteiger partial charge in [-0.2, -0.15) is 0 Å². The molecular formula is C14H13NO4. The highest BCUT2D eigenvalue weighted by molar-refractivity contribution is 5.78. The zero-order valence-electron chi connectivity index (χ0n) is 10.6. The van der Waals surface area contributed by atoms with Crippen LogP contribution in [0.4, 0.5) is 5.69 Å². The van der Waals surface area contributed by atoms with Gasteiger partial charge in [0.15, 0.2) is 0 Å². The van der Waals surface area contributed by atoms with Gasteiger partial charge < -0.3 is 9.47 Å². The van der Waals surface area contributed by atoms with Crippen molar-refractivity contribution in [2.24, 2.45) is 0 Å². The minimum Gasteiger partial charge on any atom is -0.497 e. The maximum absolute atomic E-state index is 11.1. The zero-order chi connectivity index (χ0) is 13.8. The van der Waals surface area contributed by atoms with E-state index in [9.17, 15) is 10.1 Å². The van der Waals surface area contributed by atoms with Crippen molar-refractivity contribution in [3.63, 3.8) is 0 Å². The Labute approximate surface area is 110 Å². The lowest BCUT2D eigenvalue weighted by molar-refractivity contribution is -0.384. The molecule has 0 bridgehead atoms. The molecule has 2 rings (SSSR count). The number of ether oxygens (including phenoxy) is 2. The fourth-order valence-electron chi connectivity index (χ4n) is 1.88. The Morgan fingerprint density at radius 1 is 1.00 bits per heavy atom. The van der Waals surface area contributed by atoms with Crippen molar-refractivity contribution >= 4 is 5.69 Å². The average molecular weight is 259 g/mol. The van der Waals surface area contributed by atoms with Crippen LogP contribution in [0.3, 0.4) is 0 Å². The lowest BCUT2D eigenvalue weighted by Gasteiger charge is -2.10. The van der Waals surface area contributed by atoms with Crippen LogP contribution in [0.2, 0.25) is 0 Å². The molecule has 0 atom stereocenters. The zero-order valence-corrected chi connectivity index (χ0v) is 10.6. The monoisotopic (exact) mass is 259 g/mol. The van der Waals surface area contributed by atoms with E-state index in [0.29, 0.717) is 22.6 Å². The first-order valence-electron chi connectivity index (χ1n) is 5.63. The van der Waals surface area contributed by atoms with Crippen LogP contribution in [0.5, 0.6) is 11.5 Å². The van der Waals surface area contributed by atoms with Crippen molar-refractivity contribution < 1.29 is 14.4 Å². The molecule has 0 aliphatic rings. The second-order valence-corrected chi connectivity index (χ2v) is 3.84. The van der Waals surface area contributed by atoms with Crippen molar-refractivity contribution in [1.29, 1.82) is 0 Å². The van der Waals surface area contributed by atoms with Gasteiger partial charge in [0.2, 0.25) is 0 Å². The Balaban J connectivity index is 2.62. The van der Waals surface area contributed by atoms with Crippen LogP contribution in [0.1, 0.15) is 0 Å². The van der Waals surface area contributed by atoms with E-state index < -0.39 is 4.92 Å². The molecule has 98 valence electrons. The standard InChI is InChI=1S/C14H13NO4/c1-18-10-7-8-12(14(9-10)19-2)11-5-3-4-6-13(11)15(16)17/h3-9H,1-2H3. The van der Waals surface area contributed by atoms with E-state index in [0.717, 1.165) is 0 Å². The summed E-state index contributed by atoms with van der Waals surface area (Å²) in [5.41, 5.74) is 1.23. The summed E-state index contributed by atoms with van der Waals surface area (Å²) in [6.07, 6.45) is 0. The number of rotatable bonds is 4. The van der Waals surface area contributed by atoms with Crippen molar-refractivity contribution in [3.8, 4) is 22.6 Å². The summed E-state index contributed by atoms with van der Waals surface area (Å²) in [5, 5.41) is 11.1. The van der Waals surface area contributed by atoms with Gasteiger partial charge in [-0.1, -0.05) is 12.1 Å². The minimum atomic E-state index is -0.404. The molecule has 5 nitrogen and oxygen atoms in total. The van der Waals surface area contributed by atoms with E-state index in [4.69, 9.17) is 9.47 Å². The predicted molar refractivity (Wildman–Crippen MR) is 71.6 cm³/mol. The van der Waals surface area contributed by atoms with Gasteiger partial charge in [0.1, 0.15) is 11.5 Å². The first-order valence-corrected chi connectivity index (χ1v) is 5.63. The van der Waals surface area contributed by atoms with Crippen LogP contribution in [0.15, 0.2) is 42.5 Å². The second-order valence-electron chi connectivity index (χ2n) is 3.84. The molecule has 5 heteroatoms. The molecule has 0 spiro atoms. The molecule has 0 aliphatic carbocycles. The first kappa shape index (κ1) is 12.9. The first-order chi connectivity index (χ1) is 9.17. The molecule has 0 unspecified atom stereocenters. The molecule has 0 saturated carbocycles. The van der Waals surface area contributed by atoms with Gasteiger partial charge in [0.05, 0.1) is 24.7 Å². The second kappa shape index (κ2) is 5.39. The van der Waals surface area contributed by atoms with Gasteiger partial charge >= 0.3 is 0 Å². The SMILES string of the molecule is COc1ccc(-c2ccccc2[N+](=O)[O-])c(OC)c1. The molecule has 0 N–H and O–H groups in total. The van der Waals surface area contributed by atoms with Crippen LogP contribution in [-0.2, 0) is 0 Å². The molecular weight excluding hydrogens is 246 g/mol. The lowest BCUT2D eigenvalue weighted by atomic mass is 10.0. The summed E-state index contributed by atoms with van der Waals surface area (Å²) in [5.74, 6) is 1.17. The fourth-order valence-corrected chi connectivity index (χ4v) is 1.88. The number of nitrogens with zero attached hydrogens (tertiary/aromatic N) is 1. The van der Waals surface area contributed by atoms with Crippen molar-refractivity contribution in [1.82, 2.24) is 0 Å². The summed E-state index contributed by atoms with van der Waals surface area (Å²) in [4.78, 5) is 10.7. The smallest absolute Gasteiger partial charge is 0.277 e. The Morgan fingerprint density at radius 3 is 2.37 bits per heavy atom. The average Bonchev–Trinajstić information content (AvgIpc) is 2.46. The van der Waals surface area contributed by atoms with Crippen LogP contribution in [0, 0.1) is 10.1 Å². The van der Waals surface area contributed by atoms with Gasteiger partial charge in [-0.3, -0.25) is 10.1 Å². The predicted octanol–water partition coefficient (Wildman–Crippen LogP) is 3.28.